The number of nitrogens with zero attached hydrogens (tertiary/aromatic N) is 2. The summed E-state index contributed by atoms with van der Waals surface area (Å²) in [4.78, 5) is 16.4. The normalized spacial score (nSPS) is 11.1. The molecule has 3 aromatic rings. The smallest absolute Gasteiger partial charge is 0.267 e. The number of halogens is 2. The third-order valence-corrected chi connectivity index (χ3v) is 4.06. The van der Waals surface area contributed by atoms with Gasteiger partial charge in [0.25, 0.3) is 5.91 Å². The minimum atomic E-state index is -0.330. The molecule has 1 amide bonds. The van der Waals surface area contributed by atoms with Gasteiger partial charge in [0, 0.05) is 21.5 Å². The first-order valence-corrected chi connectivity index (χ1v) is 7.95. The molecule has 1 aromatic heterocycles. The highest BCUT2D eigenvalue weighted by Gasteiger charge is 2.06. The van der Waals surface area contributed by atoms with Crippen molar-refractivity contribution in [1.29, 1.82) is 0 Å². The van der Waals surface area contributed by atoms with Crippen LogP contribution in [-0.2, 0) is 0 Å². The predicted octanol–water partition coefficient (Wildman–Crippen LogP) is 4.61. The Morgan fingerprint density at radius 3 is 2.67 bits per heavy atom. The van der Waals surface area contributed by atoms with Crippen molar-refractivity contribution in [3.8, 4) is 0 Å². The molecular weight excluding hydrogens is 345 g/mol. The molecule has 0 fully saturated rings. The lowest BCUT2D eigenvalue weighted by Crippen LogP contribution is -2.17. The van der Waals surface area contributed by atoms with E-state index in [4.69, 9.17) is 23.2 Å². The molecule has 24 heavy (non-hydrogen) atoms. The van der Waals surface area contributed by atoms with Crippen molar-refractivity contribution in [2.24, 2.45) is 5.10 Å². The third-order valence-electron chi connectivity index (χ3n) is 3.50. The van der Waals surface area contributed by atoms with E-state index in [0.717, 1.165) is 16.5 Å². The lowest BCUT2D eigenvalue weighted by atomic mass is 10.1. The number of fused-ring (bicyclic) bond motifs is 1. The van der Waals surface area contributed by atoms with Gasteiger partial charge in [-0.25, -0.2) is 10.4 Å². The van der Waals surface area contributed by atoms with Crippen LogP contribution in [0, 0.1) is 6.92 Å². The first kappa shape index (κ1) is 16.4. The number of pyridine rings is 1. The molecule has 0 spiro atoms. The Hall–Kier alpha value is -2.43. The van der Waals surface area contributed by atoms with Crippen LogP contribution in [0.25, 0.3) is 10.9 Å². The van der Waals surface area contributed by atoms with Gasteiger partial charge >= 0.3 is 0 Å². The van der Waals surface area contributed by atoms with E-state index in [1.165, 1.54) is 6.21 Å². The van der Waals surface area contributed by atoms with Gasteiger partial charge in [0.05, 0.1) is 11.7 Å². The number of hydrogen-bond donors (Lipinski definition) is 1. The van der Waals surface area contributed by atoms with Crippen molar-refractivity contribution < 1.29 is 4.79 Å². The van der Waals surface area contributed by atoms with Crippen LogP contribution < -0.4 is 5.43 Å². The van der Waals surface area contributed by atoms with Gasteiger partial charge in [0.1, 0.15) is 5.15 Å². The van der Waals surface area contributed by atoms with Crippen LogP contribution in [0.2, 0.25) is 10.2 Å². The largest absolute Gasteiger partial charge is 0.271 e. The van der Waals surface area contributed by atoms with Gasteiger partial charge in [-0.15, -0.1) is 0 Å². The minimum Gasteiger partial charge on any atom is -0.267 e. The fourth-order valence-electron chi connectivity index (χ4n) is 2.26. The molecule has 2 aromatic carbocycles. The molecule has 0 aliphatic heterocycles. The van der Waals surface area contributed by atoms with Gasteiger partial charge in [0.2, 0.25) is 0 Å². The Labute approximate surface area is 149 Å². The molecule has 6 heteroatoms. The molecule has 0 aliphatic carbocycles. The molecule has 4 nitrogen and oxygen atoms in total. The zero-order chi connectivity index (χ0) is 17.1. The molecule has 0 unspecified atom stereocenters. The van der Waals surface area contributed by atoms with Crippen LogP contribution in [0.5, 0.6) is 0 Å². The van der Waals surface area contributed by atoms with Gasteiger partial charge in [0.15, 0.2) is 0 Å². The Kier molecular flexibility index (Phi) is 4.79. The molecule has 0 radical (unpaired) electrons. The molecule has 0 aliphatic rings. The molecule has 120 valence electrons. The fourth-order valence-corrected chi connectivity index (χ4v) is 2.57. The van der Waals surface area contributed by atoms with E-state index in [1.807, 2.05) is 31.2 Å². The van der Waals surface area contributed by atoms with Gasteiger partial charge in [-0.1, -0.05) is 41.4 Å². The second-order valence-electron chi connectivity index (χ2n) is 5.22. The van der Waals surface area contributed by atoms with Crippen LogP contribution in [-0.4, -0.2) is 17.1 Å². The summed E-state index contributed by atoms with van der Waals surface area (Å²) >= 11 is 12.0. The maximum Gasteiger partial charge on any atom is 0.271 e. The molecule has 0 atom stereocenters. The lowest BCUT2D eigenvalue weighted by molar-refractivity contribution is 0.0955. The molecule has 0 saturated heterocycles. The number of hydrogen-bond acceptors (Lipinski definition) is 3. The Morgan fingerprint density at radius 1 is 1.17 bits per heavy atom. The summed E-state index contributed by atoms with van der Waals surface area (Å²) < 4.78 is 0. The van der Waals surface area contributed by atoms with E-state index in [2.05, 4.69) is 15.5 Å². The maximum absolute atomic E-state index is 12.0. The van der Waals surface area contributed by atoms with E-state index < -0.39 is 0 Å². The summed E-state index contributed by atoms with van der Waals surface area (Å²) in [5.41, 5.74) is 5.45. The Balaban J connectivity index is 1.79. The zero-order valence-electron chi connectivity index (χ0n) is 12.8. The first-order valence-electron chi connectivity index (χ1n) is 7.19. The summed E-state index contributed by atoms with van der Waals surface area (Å²) in [5.74, 6) is -0.330. The third kappa shape index (κ3) is 3.55. The second-order valence-corrected chi connectivity index (χ2v) is 6.02. The number of amides is 1. The summed E-state index contributed by atoms with van der Waals surface area (Å²) in [7, 11) is 0. The van der Waals surface area contributed by atoms with Crippen LogP contribution in [0.1, 0.15) is 21.5 Å². The van der Waals surface area contributed by atoms with Crippen molar-refractivity contribution >= 4 is 46.2 Å². The number of carbonyl (C=O) groups is 1. The van der Waals surface area contributed by atoms with Gasteiger partial charge in [-0.3, -0.25) is 4.79 Å². The highest BCUT2D eigenvalue weighted by molar-refractivity contribution is 6.32. The number of rotatable bonds is 3. The molecule has 0 bridgehead atoms. The standard InChI is InChI=1S/C18H13Cl2N3O/c1-11-3-2-4-13-9-14(17(20)22-16(11)13)10-21-23-18(24)12-5-7-15(19)8-6-12/h2-10H,1H3,(H,23,24)/b21-10-. The summed E-state index contributed by atoms with van der Waals surface area (Å²) in [5, 5.41) is 5.81. The van der Waals surface area contributed by atoms with E-state index in [-0.39, 0.29) is 5.91 Å². The van der Waals surface area contributed by atoms with E-state index >= 15 is 0 Å². The SMILES string of the molecule is Cc1cccc2cc(/C=N\NC(=O)c3ccc(Cl)cc3)c(Cl)nc12. The molecule has 3 rings (SSSR count). The van der Waals surface area contributed by atoms with Crippen LogP contribution in [0.4, 0.5) is 0 Å². The highest BCUT2D eigenvalue weighted by atomic mass is 35.5. The first-order chi connectivity index (χ1) is 11.5. The topological polar surface area (TPSA) is 54.4 Å². The molecular formula is C18H13Cl2N3O. The number of carbonyl (C=O) groups excluding carboxylic acids is 1. The van der Waals surface area contributed by atoms with Gasteiger partial charge in [-0.2, -0.15) is 5.10 Å². The van der Waals surface area contributed by atoms with Crippen molar-refractivity contribution in [2.75, 3.05) is 0 Å². The highest BCUT2D eigenvalue weighted by Crippen LogP contribution is 2.21. The zero-order valence-corrected chi connectivity index (χ0v) is 14.3. The van der Waals surface area contributed by atoms with Crippen LogP contribution in [0.15, 0.2) is 53.6 Å². The number of aryl methyl sites for hydroxylation is 1. The average molecular weight is 358 g/mol. The summed E-state index contributed by atoms with van der Waals surface area (Å²) in [6.07, 6.45) is 1.48. The predicted molar refractivity (Wildman–Crippen MR) is 98.0 cm³/mol. The number of hydrazone groups is 1. The second kappa shape index (κ2) is 6.99. The Morgan fingerprint density at radius 2 is 1.92 bits per heavy atom. The monoisotopic (exact) mass is 357 g/mol. The fraction of sp³-hybridized carbons (Fsp3) is 0.0556. The van der Waals surface area contributed by atoms with Gasteiger partial charge < -0.3 is 0 Å². The van der Waals surface area contributed by atoms with E-state index in [1.54, 1.807) is 24.3 Å². The lowest BCUT2D eigenvalue weighted by Gasteiger charge is -2.04. The maximum atomic E-state index is 12.0. The van der Waals surface area contributed by atoms with Crippen molar-refractivity contribution in [2.45, 2.75) is 6.92 Å². The van der Waals surface area contributed by atoms with Crippen LogP contribution >= 0.6 is 23.2 Å². The molecule has 1 N–H and O–H groups in total. The minimum absolute atomic E-state index is 0.330. The van der Waals surface area contributed by atoms with Crippen molar-refractivity contribution in [3.05, 3.63) is 75.4 Å². The number of nitrogens with one attached hydrogen (secondary N) is 1. The van der Waals surface area contributed by atoms with Crippen LogP contribution in [0.3, 0.4) is 0 Å². The van der Waals surface area contributed by atoms with E-state index in [9.17, 15) is 4.79 Å². The molecule has 0 saturated carbocycles. The number of benzene rings is 2. The van der Waals surface area contributed by atoms with Crippen molar-refractivity contribution in [1.82, 2.24) is 10.4 Å². The summed E-state index contributed by atoms with van der Waals surface area (Å²) in [6.45, 7) is 1.98. The van der Waals surface area contributed by atoms with E-state index in [0.29, 0.717) is 21.3 Å². The number of para-hydroxylation sites is 1. The quantitative estimate of drug-likeness (QED) is 0.422. The van der Waals surface area contributed by atoms with Gasteiger partial charge in [-0.05, 0) is 42.8 Å². The Bertz CT molecular complexity index is 937. The average Bonchev–Trinajstić information content (AvgIpc) is 2.57. The van der Waals surface area contributed by atoms with Crippen molar-refractivity contribution in [3.63, 3.8) is 0 Å². The number of aromatic nitrogens is 1. The molecule has 1 heterocycles. The summed E-state index contributed by atoms with van der Waals surface area (Å²) in [6, 6.07) is 14.3.